The third-order valence-corrected chi connectivity index (χ3v) is 7.49. The molecule has 0 unspecified atom stereocenters. The van der Waals surface area contributed by atoms with Crippen LogP contribution in [0, 0.1) is 5.92 Å². The Morgan fingerprint density at radius 2 is 1.86 bits per heavy atom. The molecule has 3 fully saturated rings. The quantitative estimate of drug-likeness (QED) is 0.239. The zero-order valence-electron chi connectivity index (χ0n) is 20.4. The van der Waals surface area contributed by atoms with Crippen LogP contribution < -0.4 is 22.5 Å². The Bertz CT molecular complexity index is 1150. The Labute approximate surface area is 215 Å². The number of guanidine groups is 1. The number of carbonyl (C=O) groups is 2. The number of nitrogens with two attached hydrogens (primary N) is 3. The van der Waals surface area contributed by atoms with Crippen LogP contribution in [0.25, 0.3) is 0 Å². The van der Waals surface area contributed by atoms with Crippen LogP contribution in [0.2, 0.25) is 5.15 Å². The molecule has 3 aliphatic rings. The summed E-state index contributed by atoms with van der Waals surface area (Å²) in [7, 11) is 1.86. The lowest BCUT2D eigenvalue weighted by Crippen LogP contribution is -2.66. The van der Waals surface area contributed by atoms with Crippen LogP contribution in [0.15, 0.2) is 35.3 Å². The lowest BCUT2D eigenvalue weighted by Gasteiger charge is -2.51. The molecule has 11 nitrogen and oxygen atoms in total. The number of benzene rings is 1. The van der Waals surface area contributed by atoms with E-state index >= 15 is 0 Å². The number of aromatic nitrogens is 2. The predicted molar refractivity (Wildman–Crippen MR) is 139 cm³/mol. The molecule has 4 heterocycles. The van der Waals surface area contributed by atoms with Crippen molar-refractivity contribution in [2.45, 2.75) is 25.3 Å². The van der Waals surface area contributed by atoms with Gasteiger partial charge in [-0.05, 0) is 17.9 Å². The van der Waals surface area contributed by atoms with Crippen LogP contribution in [-0.4, -0.2) is 82.9 Å². The van der Waals surface area contributed by atoms with Crippen LogP contribution in [-0.2, 0) is 11.2 Å². The van der Waals surface area contributed by atoms with Crippen LogP contribution in [0.3, 0.4) is 0 Å². The number of amides is 2. The standard InChI is InChI=1S/C24H32ClN9O2/c1-33(10-7-15-5-3-2-4-6-15)18(35)14-34-11-8-16(9-12-34)17(13-34)29-24(28)32-23(36)19-21(26)31-22(27)20(25)30-19/h2-6,16-17H,7-14H2,1H3,(H6-,26,27,28,29,31,32,36)/p+1/t16?,17-,34?/m1/s1. The highest BCUT2D eigenvalue weighted by Crippen LogP contribution is 2.35. The van der Waals surface area contributed by atoms with E-state index in [0.29, 0.717) is 30.0 Å². The summed E-state index contributed by atoms with van der Waals surface area (Å²) >= 11 is 5.87. The van der Waals surface area contributed by atoms with Gasteiger partial charge in [0.1, 0.15) is 12.6 Å². The number of rotatable bonds is 7. The molecule has 2 bridgehead atoms. The van der Waals surface area contributed by atoms with Gasteiger partial charge in [-0.15, -0.1) is 0 Å². The lowest BCUT2D eigenvalue weighted by molar-refractivity contribution is -0.936. The lowest BCUT2D eigenvalue weighted by atomic mass is 9.82. The molecule has 192 valence electrons. The monoisotopic (exact) mass is 514 g/mol. The molecule has 12 heteroatoms. The van der Waals surface area contributed by atoms with Gasteiger partial charge in [0.05, 0.1) is 13.1 Å². The van der Waals surface area contributed by atoms with Gasteiger partial charge < -0.3 is 26.6 Å². The zero-order valence-corrected chi connectivity index (χ0v) is 21.1. The minimum atomic E-state index is -0.663. The first-order valence-electron chi connectivity index (χ1n) is 12.0. The molecular formula is C24H33ClN9O2+. The third kappa shape index (κ3) is 5.85. The molecule has 3 saturated heterocycles. The molecule has 0 saturated carbocycles. The van der Waals surface area contributed by atoms with E-state index in [0.717, 1.165) is 32.4 Å². The normalized spacial score (nSPS) is 23.3. The average Bonchev–Trinajstić information content (AvgIpc) is 2.85. The van der Waals surface area contributed by atoms with Gasteiger partial charge in [0, 0.05) is 26.4 Å². The predicted octanol–water partition coefficient (Wildman–Crippen LogP) is 0.649. The second kappa shape index (κ2) is 10.7. The SMILES string of the molecule is CN(CCc1ccccc1)C(=O)C[N+]12CCC(CC1)[C@H](N=C(N)NC(=O)c1nc(Cl)c(N)nc1N)C2. The maximum atomic E-state index is 13.1. The highest BCUT2D eigenvalue weighted by molar-refractivity contribution is 6.31. The number of piperidine rings is 3. The fraction of sp³-hybridized carbons (Fsp3) is 0.458. The van der Waals surface area contributed by atoms with Crippen LogP contribution >= 0.6 is 11.6 Å². The second-order valence-corrected chi connectivity index (χ2v) is 10.0. The van der Waals surface area contributed by atoms with Crippen molar-refractivity contribution < 1.29 is 14.1 Å². The van der Waals surface area contributed by atoms with Crippen LogP contribution in [0.5, 0.6) is 0 Å². The Morgan fingerprint density at radius 1 is 1.17 bits per heavy atom. The van der Waals surface area contributed by atoms with Crippen molar-refractivity contribution in [3.63, 3.8) is 0 Å². The van der Waals surface area contributed by atoms with Crippen LogP contribution in [0.1, 0.15) is 28.9 Å². The van der Waals surface area contributed by atoms with E-state index in [1.54, 1.807) is 0 Å². The molecule has 2 amide bonds. The van der Waals surface area contributed by atoms with E-state index in [2.05, 4.69) is 32.4 Å². The first-order valence-corrected chi connectivity index (χ1v) is 12.4. The van der Waals surface area contributed by atoms with Gasteiger partial charge in [-0.2, -0.15) is 0 Å². The van der Waals surface area contributed by atoms with Gasteiger partial charge >= 0.3 is 0 Å². The van der Waals surface area contributed by atoms with Gasteiger partial charge in [-0.25, -0.2) is 15.0 Å². The van der Waals surface area contributed by atoms with Crippen molar-refractivity contribution in [3.8, 4) is 0 Å². The molecule has 7 N–H and O–H groups in total. The molecular weight excluding hydrogens is 482 g/mol. The number of fused-ring (bicyclic) bond motifs is 3. The van der Waals surface area contributed by atoms with Crippen molar-refractivity contribution in [3.05, 3.63) is 46.7 Å². The average molecular weight is 515 g/mol. The maximum absolute atomic E-state index is 13.1. The second-order valence-electron chi connectivity index (χ2n) is 9.69. The topological polar surface area (TPSA) is 166 Å². The summed E-state index contributed by atoms with van der Waals surface area (Å²) in [6.45, 7) is 3.70. The number of quaternary nitrogens is 1. The molecule has 2 aromatic rings. The number of hydrogen-bond acceptors (Lipinski definition) is 7. The Kier molecular flexibility index (Phi) is 7.60. The smallest absolute Gasteiger partial charge is 0.280 e. The van der Waals surface area contributed by atoms with Crippen molar-refractivity contribution in [1.82, 2.24) is 20.2 Å². The number of aliphatic imine (C=N–C) groups is 1. The number of anilines is 2. The molecule has 1 aromatic carbocycles. The fourth-order valence-corrected chi connectivity index (χ4v) is 5.21. The first kappa shape index (κ1) is 25.6. The Hall–Kier alpha value is -3.44. The molecule has 5 rings (SSSR count). The van der Waals surface area contributed by atoms with Gasteiger partial charge in [0.2, 0.25) is 0 Å². The number of nitrogens with one attached hydrogen (secondary N) is 1. The summed E-state index contributed by atoms with van der Waals surface area (Å²) in [6.07, 6.45) is 2.74. The van der Waals surface area contributed by atoms with E-state index < -0.39 is 5.91 Å². The van der Waals surface area contributed by atoms with E-state index in [4.69, 9.17) is 28.8 Å². The Balaban J connectivity index is 1.36. The molecule has 3 aliphatic heterocycles. The van der Waals surface area contributed by atoms with Gasteiger partial charge in [0.25, 0.3) is 11.8 Å². The largest absolute Gasteiger partial charge is 0.382 e. The molecule has 36 heavy (non-hydrogen) atoms. The minimum Gasteiger partial charge on any atom is -0.382 e. The van der Waals surface area contributed by atoms with E-state index in [-0.39, 0.29) is 40.4 Å². The molecule has 0 aliphatic carbocycles. The van der Waals surface area contributed by atoms with E-state index in [1.807, 2.05) is 30.1 Å². The highest BCUT2D eigenvalue weighted by Gasteiger charge is 2.47. The summed E-state index contributed by atoms with van der Waals surface area (Å²) in [5.41, 5.74) is 18.4. The van der Waals surface area contributed by atoms with Gasteiger partial charge in [-0.3, -0.25) is 14.9 Å². The minimum absolute atomic E-state index is 0.0302. The van der Waals surface area contributed by atoms with Crippen molar-refractivity contribution >= 4 is 41.0 Å². The van der Waals surface area contributed by atoms with Crippen LogP contribution in [0.4, 0.5) is 11.6 Å². The zero-order chi connectivity index (χ0) is 25.9. The fourth-order valence-electron chi connectivity index (χ4n) is 5.09. The molecule has 1 aromatic heterocycles. The number of likely N-dealkylation sites (N-methyl/N-ethyl adjacent to an activating group) is 1. The summed E-state index contributed by atoms with van der Waals surface area (Å²) in [5, 5.41) is 2.40. The van der Waals surface area contributed by atoms with Crippen molar-refractivity contribution in [1.29, 1.82) is 0 Å². The summed E-state index contributed by atoms with van der Waals surface area (Å²) in [5.74, 6) is -0.411. The Morgan fingerprint density at radius 3 is 2.56 bits per heavy atom. The summed E-state index contributed by atoms with van der Waals surface area (Å²) in [6, 6.07) is 10.1. The molecule has 1 atom stereocenters. The van der Waals surface area contributed by atoms with Crippen molar-refractivity contribution in [2.75, 3.05) is 51.2 Å². The van der Waals surface area contributed by atoms with E-state index in [1.165, 1.54) is 5.56 Å². The van der Waals surface area contributed by atoms with Crippen molar-refractivity contribution in [2.24, 2.45) is 16.6 Å². The third-order valence-electron chi connectivity index (χ3n) is 7.21. The van der Waals surface area contributed by atoms with Gasteiger partial charge in [0.15, 0.2) is 35.0 Å². The van der Waals surface area contributed by atoms with Gasteiger partial charge in [-0.1, -0.05) is 41.9 Å². The summed E-state index contributed by atoms with van der Waals surface area (Å²) < 4.78 is 0.687. The number of halogens is 1. The molecule has 0 radical (unpaired) electrons. The molecule has 0 spiro atoms. The maximum Gasteiger partial charge on any atom is 0.280 e. The number of nitrogen functional groups attached to an aromatic ring is 2. The number of nitrogens with zero attached hydrogens (tertiary/aromatic N) is 5. The first-order chi connectivity index (χ1) is 17.2. The van der Waals surface area contributed by atoms with E-state index in [9.17, 15) is 9.59 Å². The highest BCUT2D eigenvalue weighted by atomic mass is 35.5. The summed E-state index contributed by atoms with van der Waals surface area (Å²) in [4.78, 5) is 39.8. The number of hydrogen-bond donors (Lipinski definition) is 4. The number of carbonyl (C=O) groups excluding carboxylic acids is 2.